The maximum Gasteiger partial charge on any atom is 0.411 e. The number of carbonyl (C=O) groups excluding carboxylic acids is 2. The van der Waals surface area contributed by atoms with E-state index in [9.17, 15) is 9.59 Å². The smallest absolute Gasteiger partial charge is 0.411 e. The number of piperidine rings is 1. The Labute approximate surface area is 196 Å². The highest BCUT2D eigenvalue weighted by atomic mass is 79.9. The van der Waals surface area contributed by atoms with Crippen molar-refractivity contribution >= 4 is 44.4 Å². The number of benzene rings is 2. The Morgan fingerprint density at radius 1 is 1.09 bits per heavy atom. The van der Waals surface area contributed by atoms with E-state index < -0.39 is 6.09 Å². The monoisotopic (exact) mass is 495 g/mol. The van der Waals surface area contributed by atoms with E-state index in [0.717, 1.165) is 59.8 Å². The molecule has 1 saturated heterocycles. The van der Waals surface area contributed by atoms with E-state index >= 15 is 0 Å². The van der Waals surface area contributed by atoms with Gasteiger partial charge in [0.05, 0.1) is 12.1 Å². The zero-order valence-corrected chi connectivity index (χ0v) is 19.4. The first-order valence-electron chi connectivity index (χ1n) is 10.9. The second-order valence-electron chi connectivity index (χ2n) is 8.01. The molecule has 2 heterocycles. The lowest BCUT2D eigenvalue weighted by Gasteiger charge is -2.31. The van der Waals surface area contributed by atoms with Crippen LogP contribution in [-0.4, -0.2) is 48.0 Å². The van der Waals surface area contributed by atoms with Crippen molar-refractivity contribution in [3.8, 4) is 0 Å². The SMILES string of the molecule is O=C(Nc1ccc2ncccc2c1)OCCCN1CCC(C(=O)c2ccc(Br)cc2)CC1. The van der Waals surface area contributed by atoms with E-state index in [1.165, 1.54) is 0 Å². The highest BCUT2D eigenvalue weighted by Gasteiger charge is 2.25. The Morgan fingerprint density at radius 2 is 1.88 bits per heavy atom. The molecule has 0 radical (unpaired) electrons. The molecule has 32 heavy (non-hydrogen) atoms. The molecular formula is C25H26BrN3O3. The summed E-state index contributed by atoms with van der Waals surface area (Å²) in [7, 11) is 0. The lowest BCUT2D eigenvalue weighted by Crippen LogP contribution is -2.37. The van der Waals surface area contributed by atoms with Crippen molar-refractivity contribution in [2.75, 3.05) is 31.6 Å². The van der Waals surface area contributed by atoms with Crippen LogP contribution in [0.2, 0.25) is 0 Å². The molecule has 0 aliphatic carbocycles. The van der Waals surface area contributed by atoms with Crippen LogP contribution in [0.3, 0.4) is 0 Å². The second-order valence-corrected chi connectivity index (χ2v) is 8.93. The van der Waals surface area contributed by atoms with Crippen LogP contribution in [0.4, 0.5) is 10.5 Å². The zero-order chi connectivity index (χ0) is 22.3. The number of aromatic nitrogens is 1. The van der Waals surface area contributed by atoms with Crippen LogP contribution < -0.4 is 5.32 Å². The molecule has 3 aromatic rings. The van der Waals surface area contributed by atoms with Crippen molar-refractivity contribution < 1.29 is 14.3 Å². The van der Waals surface area contributed by atoms with Gasteiger partial charge in [-0.2, -0.15) is 0 Å². The van der Waals surface area contributed by atoms with Gasteiger partial charge in [0.15, 0.2) is 5.78 Å². The summed E-state index contributed by atoms with van der Waals surface area (Å²) in [5.41, 5.74) is 2.36. The molecule has 1 fully saturated rings. The Hall–Kier alpha value is -2.77. The Kier molecular flexibility index (Phi) is 7.50. The number of halogens is 1. The summed E-state index contributed by atoms with van der Waals surface area (Å²) in [6.07, 6.45) is 3.79. The maximum absolute atomic E-state index is 12.7. The van der Waals surface area contributed by atoms with E-state index in [0.29, 0.717) is 12.3 Å². The normalized spacial score (nSPS) is 14.9. The van der Waals surface area contributed by atoms with Crippen LogP contribution in [0.5, 0.6) is 0 Å². The van der Waals surface area contributed by atoms with Gasteiger partial charge in [-0.3, -0.25) is 15.1 Å². The molecule has 0 unspecified atom stereocenters. The van der Waals surface area contributed by atoms with Crippen LogP contribution >= 0.6 is 15.9 Å². The summed E-state index contributed by atoms with van der Waals surface area (Å²) < 4.78 is 6.31. The fourth-order valence-corrected chi connectivity index (χ4v) is 4.29. The molecule has 4 rings (SSSR count). The van der Waals surface area contributed by atoms with Gasteiger partial charge in [-0.25, -0.2) is 4.79 Å². The van der Waals surface area contributed by atoms with Gasteiger partial charge in [0, 0.05) is 39.8 Å². The van der Waals surface area contributed by atoms with Gasteiger partial charge in [-0.15, -0.1) is 0 Å². The molecule has 1 aliphatic heterocycles. The summed E-state index contributed by atoms with van der Waals surface area (Å²) in [5, 5.41) is 3.73. The molecule has 1 aromatic heterocycles. The minimum absolute atomic E-state index is 0.0895. The molecule has 0 bridgehead atoms. The fraction of sp³-hybridized carbons (Fsp3) is 0.320. The second kappa shape index (κ2) is 10.7. The largest absolute Gasteiger partial charge is 0.449 e. The number of anilines is 1. The predicted octanol–water partition coefficient (Wildman–Crippen LogP) is 5.53. The number of pyridine rings is 1. The number of ketones is 1. The molecular weight excluding hydrogens is 470 g/mol. The number of rotatable bonds is 7. The highest BCUT2D eigenvalue weighted by molar-refractivity contribution is 9.10. The average Bonchev–Trinajstić information content (AvgIpc) is 2.82. The van der Waals surface area contributed by atoms with Crippen LogP contribution in [0.1, 0.15) is 29.6 Å². The molecule has 0 atom stereocenters. The zero-order valence-electron chi connectivity index (χ0n) is 17.8. The van der Waals surface area contributed by atoms with Crippen molar-refractivity contribution in [3.63, 3.8) is 0 Å². The third kappa shape index (κ3) is 5.93. The molecule has 1 N–H and O–H groups in total. The number of amides is 1. The Bertz CT molecular complexity index is 1080. The van der Waals surface area contributed by atoms with Gasteiger partial charge in [-0.1, -0.05) is 34.1 Å². The summed E-state index contributed by atoms with van der Waals surface area (Å²) in [5.74, 6) is 0.327. The predicted molar refractivity (Wildman–Crippen MR) is 129 cm³/mol. The van der Waals surface area contributed by atoms with Crippen molar-refractivity contribution in [1.29, 1.82) is 0 Å². The quantitative estimate of drug-likeness (QED) is 0.344. The van der Waals surface area contributed by atoms with Gasteiger partial charge >= 0.3 is 6.09 Å². The van der Waals surface area contributed by atoms with Gasteiger partial charge in [0.1, 0.15) is 0 Å². The first-order valence-corrected chi connectivity index (χ1v) is 11.7. The van der Waals surface area contributed by atoms with Crippen molar-refractivity contribution in [3.05, 3.63) is 70.8 Å². The van der Waals surface area contributed by atoms with E-state index in [4.69, 9.17) is 4.74 Å². The van der Waals surface area contributed by atoms with Gasteiger partial charge in [0.2, 0.25) is 0 Å². The molecule has 6 nitrogen and oxygen atoms in total. The van der Waals surface area contributed by atoms with Crippen molar-refractivity contribution in [1.82, 2.24) is 9.88 Å². The van der Waals surface area contributed by atoms with E-state index in [-0.39, 0.29) is 11.7 Å². The maximum atomic E-state index is 12.7. The number of Topliss-reactive ketones (excluding diaryl/α,β-unsaturated/α-hetero) is 1. The van der Waals surface area contributed by atoms with Crippen LogP contribution in [-0.2, 0) is 4.74 Å². The minimum Gasteiger partial charge on any atom is -0.449 e. The number of hydrogen-bond donors (Lipinski definition) is 1. The topological polar surface area (TPSA) is 71.5 Å². The van der Waals surface area contributed by atoms with Crippen molar-refractivity contribution in [2.45, 2.75) is 19.3 Å². The summed E-state index contributed by atoms with van der Waals surface area (Å²) in [6.45, 7) is 3.00. The molecule has 1 aliphatic rings. The molecule has 1 amide bonds. The lowest BCUT2D eigenvalue weighted by atomic mass is 9.89. The van der Waals surface area contributed by atoms with Crippen molar-refractivity contribution in [2.24, 2.45) is 5.92 Å². The standard InChI is InChI=1S/C25H26BrN3O3/c26-21-6-4-18(5-7-21)24(30)19-10-14-29(15-11-19)13-2-16-32-25(31)28-22-8-9-23-20(17-22)3-1-12-27-23/h1,3-9,12,17,19H,2,10-11,13-16H2,(H,28,31). The first kappa shape index (κ1) is 22.4. The minimum atomic E-state index is -0.452. The summed E-state index contributed by atoms with van der Waals surface area (Å²) >= 11 is 3.41. The lowest BCUT2D eigenvalue weighted by molar-refractivity contribution is 0.0830. The van der Waals surface area contributed by atoms with Gasteiger partial charge < -0.3 is 9.64 Å². The molecule has 2 aromatic carbocycles. The third-order valence-electron chi connectivity index (χ3n) is 5.79. The number of ether oxygens (including phenoxy) is 1. The van der Waals surface area contributed by atoms with Crippen LogP contribution in [0.25, 0.3) is 10.9 Å². The number of nitrogens with zero attached hydrogens (tertiary/aromatic N) is 2. The molecule has 0 saturated carbocycles. The molecule has 166 valence electrons. The number of fused-ring (bicyclic) bond motifs is 1. The van der Waals surface area contributed by atoms with Gasteiger partial charge in [-0.05, 0) is 68.8 Å². The van der Waals surface area contributed by atoms with E-state index in [1.807, 2.05) is 54.6 Å². The van der Waals surface area contributed by atoms with E-state index in [1.54, 1.807) is 6.20 Å². The van der Waals surface area contributed by atoms with E-state index in [2.05, 4.69) is 31.1 Å². The Balaban J connectivity index is 1.14. The summed E-state index contributed by atoms with van der Waals surface area (Å²) in [6, 6.07) is 17.0. The number of likely N-dealkylation sites (tertiary alicyclic amines) is 1. The average molecular weight is 496 g/mol. The van der Waals surface area contributed by atoms with Crippen LogP contribution in [0.15, 0.2) is 65.3 Å². The number of hydrogen-bond acceptors (Lipinski definition) is 5. The first-order chi connectivity index (χ1) is 15.6. The van der Waals surface area contributed by atoms with Gasteiger partial charge in [0.25, 0.3) is 0 Å². The Morgan fingerprint density at radius 3 is 2.66 bits per heavy atom. The molecule has 0 spiro atoms. The van der Waals surface area contributed by atoms with Crippen LogP contribution in [0, 0.1) is 5.92 Å². The third-order valence-corrected chi connectivity index (χ3v) is 6.32. The highest BCUT2D eigenvalue weighted by Crippen LogP contribution is 2.23. The number of carbonyl (C=O) groups is 2. The fourth-order valence-electron chi connectivity index (χ4n) is 4.03. The molecule has 7 heteroatoms. The number of nitrogens with one attached hydrogen (secondary N) is 1. The summed E-state index contributed by atoms with van der Waals surface area (Å²) in [4.78, 5) is 31.4.